The van der Waals surface area contributed by atoms with Crippen molar-refractivity contribution >= 4 is 5.91 Å². The average molecular weight is 286 g/mol. The zero-order valence-electron chi connectivity index (χ0n) is 13.1. The highest BCUT2D eigenvalue weighted by atomic mass is 16.2. The van der Waals surface area contributed by atoms with Crippen LogP contribution in [-0.4, -0.2) is 24.4 Å². The molecular formula is C18H26N2O. The van der Waals surface area contributed by atoms with Gasteiger partial charge in [-0.2, -0.15) is 5.26 Å². The highest BCUT2D eigenvalue weighted by Gasteiger charge is 2.53. The molecule has 1 amide bonds. The molecule has 0 aromatic heterocycles. The molecule has 4 bridgehead atoms. The van der Waals surface area contributed by atoms with E-state index in [1.165, 1.54) is 38.5 Å². The minimum atomic E-state index is -0.670. The second kappa shape index (κ2) is 4.48. The van der Waals surface area contributed by atoms with Crippen molar-refractivity contribution in [2.45, 2.75) is 57.8 Å². The first-order valence-electron chi connectivity index (χ1n) is 8.71. The van der Waals surface area contributed by atoms with Crippen molar-refractivity contribution in [2.24, 2.45) is 28.6 Å². The number of amides is 1. The Kier molecular flexibility index (Phi) is 2.90. The summed E-state index contributed by atoms with van der Waals surface area (Å²) in [6.07, 6.45) is 10.9. The maximum absolute atomic E-state index is 12.7. The van der Waals surface area contributed by atoms with E-state index in [1.807, 2.05) is 11.9 Å². The zero-order chi connectivity index (χ0) is 14.7. The first kappa shape index (κ1) is 13.6. The van der Waals surface area contributed by atoms with Crippen molar-refractivity contribution in [1.29, 1.82) is 5.26 Å². The van der Waals surface area contributed by atoms with Crippen LogP contribution in [0.5, 0.6) is 0 Å². The number of carbonyl (C=O) groups is 1. The zero-order valence-corrected chi connectivity index (χ0v) is 13.1. The van der Waals surface area contributed by atoms with E-state index in [0.29, 0.717) is 5.41 Å². The Morgan fingerprint density at radius 1 is 1.14 bits per heavy atom. The summed E-state index contributed by atoms with van der Waals surface area (Å²) in [4.78, 5) is 14.6. The van der Waals surface area contributed by atoms with Gasteiger partial charge in [0, 0.05) is 13.6 Å². The lowest BCUT2D eigenvalue weighted by Gasteiger charge is -2.58. The fraction of sp³-hybridized carbons (Fsp3) is 0.889. The number of hydrogen-bond acceptors (Lipinski definition) is 2. The Morgan fingerprint density at radius 2 is 1.67 bits per heavy atom. The lowest BCUT2D eigenvalue weighted by Crippen LogP contribution is -2.54. The molecule has 0 radical (unpaired) electrons. The average Bonchev–Trinajstić information content (AvgIpc) is 2.35. The smallest absolute Gasteiger partial charge is 0.242 e. The molecule has 0 aromatic carbocycles. The quantitative estimate of drug-likeness (QED) is 0.798. The van der Waals surface area contributed by atoms with E-state index in [9.17, 15) is 10.1 Å². The van der Waals surface area contributed by atoms with Gasteiger partial charge in [-0.1, -0.05) is 0 Å². The molecule has 0 N–H and O–H groups in total. The summed E-state index contributed by atoms with van der Waals surface area (Å²) in [6, 6.07) is 2.31. The number of rotatable bonds is 3. The summed E-state index contributed by atoms with van der Waals surface area (Å²) < 4.78 is 0. The molecule has 5 saturated carbocycles. The first-order chi connectivity index (χ1) is 10.0. The van der Waals surface area contributed by atoms with Gasteiger partial charge in [0.05, 0.1) is 6.07 Å². The molecule has 0 unspecified atom stereocenters. The molecule has 0 atom stereocenters. The molecular weight excluding hydrogens is 260 g/mol. The Hall–Kier alpha value is -1.04. The molecule has 0 aliphatic heterocycles. The summed E-state index contributed by atoms with van der Waals surface area (Å²) in [6.45, 7) is 0.902. The molecule has 114 valence electrons. The van der Waals surface area contributed by atoms with Crippen LogP contribution < -0.4 is 0 Å². The van der Waals surface area contributed by atoms with Crippen LogP contribution >= 0.6 is 0 Å². The van der Waals surface area contributed by atoms with E-state index in [4.69, 9.17) is 0 Å². The fourth-order valence-corrected chi connectivity index (χ4v) is 6.33. The SMILES string of the molecule is CN(CC12CC3CC(CC(C3)C1)C2)C(=O)C1(C#N)CCC1. The number of carbonyl (C=O) groups excluding carboxylic acids is 1. The van der Waals surface area contributed by atoms with Crippen LogP contribution in [0.25, 0.3) is 0 Å². The highest BCUT2D eigenvalue weighted by Crippen LogP contribution is 2.60. The van der Waals surface area contributed by atoms with Gasteiger partial charge in [0.1, 0.15) is 5.41 Å². The third-order valence-corrected chi connectivity index (χ3v) is 6.91. The van der Waals surface area contributed by atoms with Crippen LogP contribution in [0, 0.1) is 39.9 Å². The van der Waals surface area contributed by atoms with Gasteiger partial charge < -0.3 is 4.90 Å². The van der Waals surface area contributed by atoms with Gasteiger partial charge in [-0.05, 0) is 81.0 Å². The fourth-order valence-electron chi connectivity index (χ4n) is 6.33. The Balaban J connectivity index is 1.48. The summed E-state index contributed by atoms with van der Waals surface area (Å²) in [7, 11) is 1.94. The van der Waals surface area contributed by atoms with Gasteiger partial charge in [-0.15, -0.1) is 0 Å². The van der Waals surface area contributed by atoms with Crippen molar-refractivity contribution < 1.29 is 4.79 Å². The maximum Gasteiger partial charge on any atom is 0.242 e. The van der Waals surface area contributed by atoms with Gasteiger partial charge in [0.2, 0.25) is 5.91 Å². The van der Waals surface area contributed by atoms with E-state index in [2.05, 4.69) is 6.07 Å². The first-order valence-corrected chi connectivity index (χ1v) is 8.71. The van der Waals surface area contributed by atoms with E-state index < -0.39 is 5.41 Å². The molecule has 0 aromatic rings. The normalized spacial score (nSPS) is 42.2. The number of nitrogens with zero attached hydrogens (tertiary/aromatic N) is 2. The number of hydrogen-bond donors (Lipinski definition) is 0. The molecule has 21 heavy (non-hydrogen) atoms. The Morgan fingerprint density at radius 3 is 2.05 bits per heavy atom. The van der Waals surface area contributed by atoms with Gasteiger partial charge in [0.25, 0.3) is 0 Å². The van der Waals surface area contributed by atoms with Crippen LogP contribution in [-0.2, 0) is 4.79 Å². The van der Waals surface area contributed by atoms with Crippen molar-refractivity contribution in [3.05, 3.63) is 0 Å². The lowest BCUT2D eigenvalue weighted by atomic mass is 9.49. The predicted octanol–water partition coefficient (Wildman–Crippen LogP) is 3.36. The molecule has 0 heterocycles. The molecule has 5 aliphatic rings. The van der Waals surface area contributed by atoms with Gasteiger partial charge in [-0.3, -0.25) is 4.79 Å². The van der Waals surface area contributed by atoms with Crippen LogP contribution in [0.1, 0.15) is 57.8 Å². The monoisotopic (exact) mass is 286 g/mol. The van der Waals surface area contributed by atoms with Gasteiger partial charge in [0.15, 0.2) is 0 Å². The molecule has 5 rings (SSSR count). The third kappa shape index (κ3) is 2.02. The standard InChI is InChI=1S/C18H26N2O/c1-20(16(21)18(11-19)3-2-4-18)12-17-8-13-5-14(9-17)7-15(6-13)10-17/h13-15H,2-10,12H2,1H3. The summed E-state index contributed by atoms with van der Waals surface area (Å²) in [5.74, 6) is 2.88. The second-order valence-corrected chi connectivity index (χ2v) is 8.63. The molecule has 5 aliphatic carbocycles. The van der Waals surface area contributed by atoms with Crippen molar-refractivity contribution in [3.63, 3.8) is 0 Å². The largest absolute Gasteiger partial charge is 0.344 e. The maximum atomic E-state index is 12.7. The van der Waals surface area contributed by atoms with Crippen molar-refractivity contribution in [2.75, 3.05) is 13.6 Å². The van der Waals surface area contributed by atoms with Crippen molar-refractivity contribution in [1.82, 2.24) is 4.90 Å². The van der Waals surface area contributed by atoms with E-state index in [0.717, 1.165) is 43.6 Å². The molecule has 0 saturated heterocycles. The van der Waals surface area contributed by atoms with E-state index in [1.54, 1.807) is 0 Å². The van der Waals surface area contributed by atoms with E-state index >= 15 is 0 Å². The molecule has 3 nitrogen and oxygen atoms in total. The van der Waals surface area contributed by atoms with Gasteiger partial charge in [-0.25, -0.2) is 0 Å². The third-order valence-electron chi connectivity index (χ3n) is 6.91. The summed E-state index contributed by atoms with van der Waals surface area (Å²) in [5.41, 5.74) is -0.281. The van der Waals surface area contributed by atoms with Crippen molar-refractivity contribution in [3.8, 4) is 6.07 Å². The van der Waals surface area contributed by atoms with Gasteiger partial charge >= 0.3 is 0 Å². The Bertz CT molecular complexity index is 465. The molecule has 5 fully saturated rings. The van der Waals surface area contributed by atoms with Crippen LogP contribution in [0.2, 0.25) is 0 Å². The van der Waals surface area contributed by atoms with E-state index in [-0.39, 0.29) is 5.91 Å². The lowest BCUT2D eigenvalue weighted by molar-refractivity contribution is -0.146. The summed E-state index contributed by atoms with van der Waals surface area (Å²) in [5, 5.41) is 9.39. The minimum Gasteiger partial charge on any atom is -0.344 e. The van der Waals surface area contributed by atoms with Crippen LogP contribution in [0.15, 0.2) is 0 Å². The number of nitriles is 1. The predicted molar refractivity (Wildman–Crippen MR) is 80.1 cm³/mol. The van der Waals surface area contributed by atoms with Crippen LogP contribution in [0.3, 0.4) is 0 Å². The summed E-state index contributed by atoms with van der Waals surface area (Å²) >= 11 is 0. The topological polar surface area (TPSA) is 44.1 Å². The second-order valence-electron chi connectivity index (χ2n) is 8.63. The van der Waals surface area contributed by atoms with Crippen LogP contribution in [0.4, 0.5) is 0 Å². The highest BCUT2D eigenvalue weighted by molar-refractivity contribution is 5.86. The Labute approximate surface area is 127 Å². The molecule has 3 heteroatoms. The molecule has 0 spiro atoms. The minimum absolute atomic E-state index is 0.104.